The maximum Gasteiger partial charge on any atom is 0.243 e. The number of hydrogen-bond acceptors (Lipinski definition) is 4. The van der Waals surface area contributed by atoms with Crippen molar-refractivity contribution in [2.75, 3.05) is 18.4 Å². The van der Waals surface area contributed by atoms with E-state index < -0.39 is 0 Å². The van der Waals surface area contributed by atoms with Gasteiger partial charge in [-0.25, -0.2) is 9.97 Å². The van der Waals surface area contributed by atoms with Gasteiger partial charge in [0.15, 0.2) is 0 Å². The van der Waals surface area contributed by atoms with E-state index in [2.05, 4.69) is 51.4 Å². The van der Waals surface area contributed by atoms with Crippen LogP contribution >= 0.6 is 0 Å². The molecule has 2 aromatic rings. The summed E-state index contributed by atoms with van der Waals surface area (Å²) < 4.78 is 0. The van der Waals surface area contributed by atoms with Crippen molar-refractivity contribution in [3.05, 3.63) is 54.4 Å². The fourth-order valence-electron chi connectivity index (χ4n) is 3.43. The van der Waals surface area contributed by atoms with Crippen molar-refractivity contribution in [3.63, 3.8) is 0 Å². The van der Waals surface area contributed by atoms with Gasteiger partial charge in [-0.15, -0.1) is 0 Å². The lowest BCUT2D eigenvalue weighted by atomic mass is 9.75. The lowest BCUT2D eigenvalue weighted by Crippen LogP contribution is -2.51. The summed E-state index contributed by atoms with van der Waals surface area (Å²) in [6, 6.07) is 12.1. The van der Waals surface area contributed by atoms with Crippen molar-refractivity contribution < 1.29 is 4.79 Å². The van der Waals surface area contributed by atoms with E-state index in [4.69, 9.17) is 0 Å². The lowest BCUT2D eigenvalue weighted by molar-refractivity contribution is -0.121. The number of nitrogens with zero attached hydrogens (tertiary/aromatic N) is 3. The molecule has 24 heavy (non-hydrogen) atoms. The molecule has 3 rings (SSSR count). The van der Waals surface area contributed by atoms with Crippen LogP contribution in [0.4, 0.5) is 5.95 Å². The molecule has 1 aromatic heterocycles. The number of anilines is 1. The molecule has 1 fully saturated rings. The summed E-state index contributed by atoms with van der Waals surface area (Å²) in [5, 5.41) is 2.80. The zero-order chi connectivity index (χ0) is 17.0. The lowest BCUT2D eigenvalue weighted by Gasteiger charge is -2.43. The van der Waals surface area contributed by atoms with E-state index in [1.54, 1.807) is 18.5 Å². The second-order valence-corrected chi connectivity index (χ2v) is 6.74. The predicted molar refractivity (Wildman–Crippen MR) is 94.7 cm³/mol. The monoisotopic (exact) mass is 324 g/mol. The van der Waals surface area contributed by atoms with E-state index in [0.29, 0.717) is 5.95 Å². The zero-order valence-electron chi connectivity index (χ0n) is 14.3. The molecule has 1 amide bonds. The number of rotatable bonds is 4. The summed E-state index contributed by atoms with van der Waals surface area (Å²) in [4.78, 5) is 22.9. The van der Waals surface area contributed by atoms with Crippen molar-refractivity contribution in [1.82, 2.24) is 14.9 Å². The van der Waals surface area contributed by atoms with E-state index in [1.807, 2.05) is 13.0 Å². The van der Waals surface area contributed by atoms with E-state index in [1.165, 1.54) is 5.56 Å². The number of piperidine rings is 1. The fourth-order valence-corrected chi connectivity index (χ4v) is 3.43. The van der Waals surface area contributed by atoms with Gasteiger partial charge in [-0.3, -0.25) is 15.0 Å². The van der Waals surface area contributed by atoms with Gasteiger partial charge in [0, 0.05) is 24.4 Å². The van der Waals surface area contributed by atoms with Crippen LogP contribution in [0, 0.1) is 0 Å². The maximum absolute atomic E-state index is 12.5. The minimum Gasteiger partial charge on any atom is -0.293 e. The Morgan fingerprint density at radius 3 is 2.62 bits per heavy atom. The quantitative estimate of drug-likeness (QED) is 0.939. The number of carbonyl (C=O) groups is 1. The topological polar surface area (TPSA) is 58.1 Å². The fraction of sp³-hybridized carbons (Fsp3) is 0.421. The van der Waals surface area contributed by atoms with Crippen LogP contribution in [0.2, 0.25) is 0 Å². The molecule has 0 saturated carbocycles. The van der Waals surface area contributed by atoms with Crippen molar-refractivity contribution in [2.45, 2.75) is 38.1 Å². The summed E-state index contributed by atoms with van der Waals surface area (Å²) in [5.41, 5.74) is 1.42. The number of likely N-dealkylation sites (tertiary alicyclic amines) is 1. The van der Waals surface area contributed by atoms with E-state index >= 15 is 0 Å². The average Bonchev–Trinajstić information content (AvgIpc) is 2.63. The first kappa shape index (κ1) is 16.6. The Labute approximate surface area is 143 Å². The van der Waals surface area contributed by atoms with Gasteiger partial charge in [0.05, 0.1) is 6.04 Å². The highest BCUT2D eigenvalue weighted by Gasteiger charge is 2.35. The van der Waals surface area contributed by atoms with Crippen LogP contribution in [0.3, 0.4) is 0 Å². The number of hydrogen-bond donors (Lipinski definition) is 1. The molecule has 0 aliphatic carbocycles. The standard InChI is InChI=1S/C19H24N4O/c1-15(17(24)22-18-20-11-7-12-21-18)23-13-6-10-19(2,14-23)16-8-4-3-5-9-16/h3-5,7-9,11-12,15H,6,10,13-14H2,1-2H3,(H,20,21,22,24)/t15-,19-/m0/s1. The molecule has 1 N–H and O–H groups in total. The smallest absolute Gasteiger partial charge is 0.243 e. The Kier molecular flexibility index (Phi) is 4.90. The zero-order valence-corrected chi connectivity index (χ0v) is 14.3. The molecule has 2 atom stereocenters. The van der Waals surface area contributed by atoms with Crippen LogP contribution in [-0.2, 0) is 10.2 Å². The predicted octanol–water partition coefficient (Wildman–Crippen LogP) is 2.86. The van der Waals surface area contributed by atoms with Crippen LogP contribution in [0.5, 0.6) is 0 Å². The molecule has 5 nitrogen and oxygen atoms in total. The first-order valence-electron chi connectivity index (χ1n) is 8.46. The molecule has 1 aliphatic heterocycles. The molecule has 0 spiro atoms. The average molecular weight is 324 g/mol. The van der Waals surface area contributed by atoms with Gasteiger partial charge in [0.25, 0.3) is 0 Å². The molecule has 1 aromatic carbocycles. The Morgan fingerprint density at radius 1 is 1.21 bits per heavy atom. The third-order valence-electron chi connectivity index (χ3n) is 4.92. The SMILES string of the molecule is C[C@@H](C(=O)Nc1ncccn1)N1CCC[C@](C)(c2ccccc2)C1. The van der Waals surface area contributed by atoms with Crippen LogP contribution in [0.15, 0.2) is 48.8 Å². The van der Waals surface area contributed by atoms with E-state index in [9.17, 15) is 4.79 Å². The van der Waals surface area contributed by atoms with Crippen LogP contribution < -0.4 is 5.32 Å². The summed E-state index contributed by atoms with van der Waals surface area (Å²) in [5.74, 6) is 0.302. The normalized spacial score (nSPS) is 22.8. The summed E-state index contributed by atoms with van der Waals surface area (Å²) >= 11 is 0. The molecule has 1 aliphatic rings. The third kappa shape index (κ3) is 3.62. The van der Waals surface area contributed by atoms with Crippen molar-refractivity contribution in [2.24, 2.45) is 0 Å². The summed E-state index contributed by atoms with van der Waals surface area (Å²) in [6.07, 6.45) is 5.48. The molecule has 2 heterocycles. The molecule has 0 bridgehead atoms. The van der Waals surface area contributed by atoms with E-state index in [0.717, 1.165) is 25.9 Å². The minimum atomic E-state index is -0.211. The number of benzene rings is 1. The highest BCUT2D eigenvalue weighted by molar-refractivity contribution is 5.93. The Bertz CT molecular complexity index is 676. The highest BCUT2D eigenvalue weighted by atomic mass is 16.2. The molecule has 0 unspecified atom stereocenters. The van der Waals surface area contributed by atoms with Gasteiger partial charge in [0.2, 0.25) is 11.9 Å². The molecule has 0 radical (unpaired) electrons. The number of nitrogens with one attached hydrogen (secondary N) is 1. The Balaban J connectivity index is 1.69. The Hall–Kier alpha value is -2.27. The third-order valence-corrected chi connectivity index (χ3v) is 4.92. The summed E-state index contributed by atoms with van der Waals surface area (Å²) in [6.45, 7) is 6.06. The van der Waals surface area contributed by atoms with Crippen LogP contribution in [-0.4, -0.2) is 39.9 Å². The van der Waals surface area contributed by atoms with Crippen molar-refractivity contribution in [3.8, 4) is 0 Å². The van der Waals surface area contributed by atoms with Crippen molar-refractivity contribution >= 4 is 11.9 Å². The van der Waals surface area contributed by atoms with E-state index in [-0.39, 0.29) is 17.4 Å². The van der Waals surface area contributed by atoms with Crippen LogP contribution in [0.1, 0.15) is 32.3 Å². The highest BCUT2D eigenvalue weighted by Crippen LogP contribution is 2.34. The number of amides is 1. The minimum absolute atomic E-state index is 0.0569. The molecule has 1 saturated heterocycles. The number of carbonyl (C=O) groups excluding carboxylic acids is 1. The largest absolute Gasteiger partial charge is 0.293 e. The molecule has 5 heteroatoms. The summed E-state index contributed by atoms with van der Waals surface area (Å²) in [7, 11) is 0. The Morgan fingerprint density at radius 2 is 1.92 bits per heavy atom. The van der Waals surface area contributed by atoms with Gasteiger partial charge >= 0.3 is 0 Å². The molecular weight excluding hydrogens is 300 g/mol. The van der Waals surface area contributed by atoms with Gasteiger partial charge in [-0.05, 0) is 37.9 Å². The first-order chi connectivity index (χ1) is 11.6. The second kappa shape index (κ2) is 7.09. The number of aromatic nitrogens is 2. The van der Waals surface area contributed by atoms with Crippen LogP contribution in [0.25, 0.3) is 0 Å². The van der Waals surface area contributed by atoms with Crippen molar-refractivity contribution in [1.29, 1.82) is 0 Å². The van der Waals surface area contributed by atoms with Gasteiger partial charge < -0.3 is 0 Å². The van der Waals surface area contributed by atoms with Gasteiger partial charge in [0.1, 0.15) is 0 Å². The first-order valence-corrected chi connectivity index (χ1v) is 8.46. The van der Waals surface area contributed by atoms with Gasteiger partial charge in [-0.1, -0.05) is 37.3 Å². The maximum atomic E-state index is 12.5. The molecule has 126 valence electrons. The molecular formula is C19H24N4O. The second-order valence-electron chi connectivity index (χ2n) is 6.74. The van der Waals surface area contributed by atoms with Gasteiger partial charge in [-0.2, -0.15) is 0 Å².